The van der Waals surface area contributed by atoms with Gasteiger partial charge < -0.3 is 0 Å². The molecule has 0 spiro atoms. The predicted octanol–water partition coefficient (Wildman–Crippen LogP) is 8.51. The van der Waals surface area contributed by atoms with Crippen molar-refractivity contribution in [2.24, 2.45) is 0 Å². The number of halogens is 1. The third-order valence-electron chi connectivity index (χ3n) is 5.32. The number of benzene rings is 3. The van der Waals surface area contributed by atoms with E-state index in [9.17, 15) is 0 Å². The fourth-order valence-electron chi connectivity index (χ4n) is 3.43. The van der Waals surface area contributed by atoms with E-state index < -0.39 is 0 Å². The van der Waals surface area contributed by atoms with Gasteiger partial charge in [0.2, 0.25) is 0 Å². The van der Waals surface area contributed by atoms with E-state index >= 15 is 0 Å². The van der Waals surface area contributed by atoms with E-state index in [0.717, 1.165) is 5.33 Å². The SMILES string of the molecule is CC(C)(C)c1ccc(-c2cc(CBr)cc(-c3ccc(C(C)(C)C)cc3)c2)cc1. The molecule has 0 amide bonds. The Morgan fingerprint density at radius 3 is 1.18 bits per heavy atom. The summed E-state index contributed by atoms with van der Waals surface area (Å²) in [5.74, 6) is 0. The lowest BCUT2D eigenvalue weighted by molar-refractivity contribution is 0.590. The Labute approximate surface area is 179 Å². The monoisotopic (exact) mass is 434 g/mol. The minimum absolute atomic E-state index is 0.177. The maximum atomic E-state index is 3.65. The van der Waals surface area contributed by atoms with Crippen LogP contribution >= 0.6 is 15.9 Å². The summed E-state index contributed by atoms with van der Waals surface area (Å²) in [4.78, 5) is 0. The van der Waals surface area contributed by atoms with E-state index in [2.05, 4.69) is 124 Å². The Morgan fingerprint density at radius 2 is 0.893 bits per heavy atom. The van der Waals surface area contributed by atoms with E-state index in [-0.39, 0.29) is 10.8 Å². The van der Waals surface area contributed by atoms with E-state index in [0.29, 0.717) is 0 Å². The van der Waals surface area contributed by atoms with Gasteiger partial charge in [0.15, 0.2) is 0 Å². The molecule has 0 aliphatic heterocycles. The summed E-state index contributed by atoms with van der Waals surface area (Å²) in [7, 11) is 0. The van der Waals surface area contributed by atoms with Crippen molar-refractivity contribution < 1.29 is 0 Å². The van der Waals surface area contributed by atoms with Gasteiger partial charge in [0.05, 0.1) is 0 Å². The summed E-state index contributed by atoms with van der Waals surface area (Å²) in [6, 6.07) is 24.9. The molecule has 0 aliphatic carbocycles. The standard InChI is InChI=1S/C27H31Br/c1-26(2,3)24-11-7-20(8-12-24)22-15-19(18-28)16-23(17-22)21-9-13-25(14-10-21)27(4,5)6/h7-17H,18H2,1-6H3. The van der Waals surface area contributed by atoms with Crippen LogP contribution in [-0.4, -0.2) is 0 Å². The average molecular weight is 435 g/mol. The van der Waals surface area contributed by atoms with Gasteiger partial charge in [-0.15, -0.1) is 0 Å². The molecule has 0 aromatic heterocycles. The highest BCUT2D eigenvalue weighted by Crippen LogP contribution is 2.32. The van der Waals surface area contributed by atoms with Crippen LogP contribution < -0.4 is 0 Å². The molecule has 0 radical (unpaired) electrons. The lowest BCUT2D eigenvalue weighted by Crippen LogP contribution is -2.10. The van der Waals surface area contributed by atoms with Crippen molar-refractivity contribution in [2.75, 3.05) is 0 Å². The van der Waals surface area contributed by atoms with Gasteiger partial charge in [-0.25, -0.2) is 0 Å². The molecule has 0 atom stereocenters. The molecule has 0 bridgehead atoms. The molecule has 1 heteroatoms. The van der Waals surface area contributed by atoms with Crippen LogP contribution in [0.15, 0.2) is 66.7 Å². The molecule has 0 fully saturated rings. The molecule has 3 aromatic rings. The van der Waals surface area contributed by atoms with Crippen LogP contribution in [0, 0.1) is 0 Å². The maximum absolute atomic E-state index is 3.65. The summed E-state index contributed by atoms with van der Waals surface area (Å²) in [5.41, 5.74) is 9.46. The molecule has 0 unspecified atom stereocenters. The van der Waals surface area contributed by atoms with Gasteiger partial charge in [0.1, 0.15) is 0 Å². The smallest absolute Gasteiger partial charge is 0.0283 e. The molecule has 3 aromatic carbocycles. The minimum atomic E-state index is 0.177. The molecule has 146 valence electrons. The molecular formula is C27H31Br. The number of hydrogen-bond donors (Lipinski definition) is 0. The van der Waals surface area contributed by atoms with Crippen LogP contribution in [-0.2, 0) is 16.2 Å². The van der Waals surface area contributed by atoms with Crippen LogP contribution in [0.3, 0.4) is 0 Å². The van der Waals surface area contributed by atoms with Crippen molar-refractivity contribution in [1.29, 1.82) is 0 Å². The largest absolute Gasteiger partial charge is 0.0876 e. The topological polar surface area (TPSA) is 0 Å². The van der Waals surface area contributed by atoms with Gasteiger partial charge in [-0.3, -0.25) is 0 Å². The number of alkyl halides is 1. The lowest BCUT2D eigenvalue weighted by atomic mass is 9.85. The molecule has 0 N–H and O–H groups in total. The fourth-order valence-corrected chi connectivity index (χ4v) is 3.75. The van der Waals surface area contributed by atoms with Gasteiger partial charge in [0.25, 0.3) is 0 Å². The van der Waals surface area contributed by atoms with Gasteiger partial charge in [-0.1, -0.05) is 118 Å². The van der Waals surface area contributed by atoms with Crippen molar-refractivity contribution in [3.8, 4) is 22.3 Å². The quantitative estimate of drug-likeness (QED) is 0.362. The molecule has 0 saturated heterocycles. The summed E-state index contributed by atoms with van der Waals surface area (Å²) in [6.07, 6.45) is 0. The third kappa shape index (κ3) is 4.75. The van der Waals surface area contributed by atoms with Gasteiger partial charge in [0, 0.05) is 5.33 Å². The van der Waals surface area contributed by atoms with E-state index in [4.69, 9.17) is 0 Å². The Balaban J connectivity index is 2.01. The molecule has 0 heterocycles. The summed E-state index contributed by atoms with van der Waals surface area (Å²) < 4.78 is 0. The van der Waals surface area contributed by atoms with Gasteiger partial charge in [-0.2, -0.15) is 0 Å². The normalized spacial score (nSPS) is 12.2. The molecule has 3 rings (SSSR count). The first kappa shape index (κ1) is 20.9. The van der Waals surface area contributed by atoms with Crippen LogP contribution in [0.25, 0.3) is 22.3 Å². The Morgan fingerprint density at radius 1 is 0.536 bits per heavy atom. The zero-order valence-corrected chi connectivity index (χ0v) is 19.5. The van der Waals surface area contributed by atoms with Crippen LogP contribution in [0.4, 0.5) is 0 Å². The molecular weight excluding hydrogens is 404 g/mol. The fraction of sp³-hybridized carbons (Fsp3) is 0.333. The second-order valence-electron chi connectivity index (χ2n) is 9.71. The first-order chi connectivity index (χ1) is 13.1. The summed E-state index contributed by atoms with van der Waals surface area (Å²) in [5, 5.41) is 0.855. The second kappa shape index (κ2) is 7.87. The molecule has 0 nitrogen and oxygen atoms in total. The first-order valence-corrected chi connectivity index (χ1v) is 11.1. The highest BCUT2D eigenvalue weighted by molar-refractivity contribution is 9.08. The highest BCUT2D eigenvalue weighted by atomic mass is 79.9. The second-order valence-corrected chi connectivity index (χ2v) is 10.3. The van der Waals surface area contributed by atoms with Crippen molar-refractivity contribution in [2.45, 2.75) is 57.7 Å². The Bertz CT molecular complexity index is 858. The van der Waals surface area contributed by atoms with Crippen molar-refractivity contribution >= 4 is 15.9 Å². The average Bonchev–Trinajstić information content (AvgIpc) is 2.66. The molecule has 28 heavy (non-hydrogen) atoms. The van der Waals surface area contributed by atoms with E-state index in [1.165, 1.54) is 38.9 Å². The number of hydrogen-bond acceptors (Lipinski definition) is 0. The van der Waals surface area contributed by atoms with E-state index in [1.807, 2.05) is 0 Å². The van der Waals surface area contributed by atoms with Crippen LogP contribution in [0.2, 0.25) is 0 Å². The zero-order chi connectivity index (χ0) is 20.5. The Kier molecular flexibility index (Phi) is 5.87. The first-order valence-electron chi connectivity index (χ1n) is 10.00. The van der Waals surface area contributed by atoms with Crippen molar-refractivity contribution in [3.05, 3.63) is 83.4 Å². The van der Waals surface area contributed by atoms with Crippen molar-refractivity contribution in [1.82, 2.24) is 0 Å². The summed E-state index contributed by atoms with van der Waals surface area (Å²) >= 11 is 3.65. The zero-order valence-electron chi connectivity index (χ0n) is 17.9. The van der Waals surface area contributed by atoms with Crippen LogP contribution in [0.5, 0.6) is 0 Å². The summed E-state index contributed by atoms with van der Waals surface area (Å²) in [6.45, 7) is 13.5. The minimum Gasteiger partial charge on any atom is -0.0876 e. The van der Waals surface area contributed by atoms with Gasteiger partial charge in [-0.05, 0) is 55.8 Å². The maximum Gasteiger partial charge on any atom is 0.0283 e. The highest BCUT2D eigenvalue weighted by Gasteiger charge is 2.15. The van der Waals surface area contributed by atoms with Gasteiger partial charge >= 0.3 is 0 Å². The lowest BCUT2D eigenvalue weighted by Gasteiger charge is -2.20. The number of rotatable bonds is 3. The molecule has 0 aliphatic rings. The van der Waals surface area contributed by atoms with Crippen LogP contribution in [0.1, 0.15) is 58.2 Å². The van der Waals surface area contributed by atoms with E-state index in [1.54, 1.807) is 0 Å². The Hall–Kier alpha value is -1.86. The molecule has 0 saturated carbocycles. The third-order valence-corrected chi connectivity index (χ3v) is 5.96. The predicted molar refractivity (Wildman–Crippen MR) is 127 cm³/mol. The van der Waals surface area contributed by atoms with Crippen molar-refractivity contribution in [3.63, 3.8) is 0 Å².